The fourth-order valence-corrected chi connectivity index (χ4v) is 3.72. The molecule has 132 valence electrons. The smallest absolute Gasteiger partial charge is 0.241 e. The van der Waals surface area contributed by atoms with Gasteiger partial charge in [0.05, 0.1) is 12.9 Å². The van der Waals surface area contributed by atoms with Gasteiger partial charge in [-0.05, 0) is 18.1 Å². The van der Waals surface area contributed by atoms with Crippen LogP contribution in [0.5, 0.6) is 0 Å². The van der Waals surface area contributed by atoms with E-state index < -0.39 is 0 Å². The highest BCUT2D eigenvalue weighted by Crippen LogP contribution is 2.27. The number of carbonyl (C=O) groups excluding carboxylic acids is 1. The average Bonchev–Trinajstić information content (AvgIpc) is 3.31. The summed E-state index contributed by atoms with van der Waals surface area (Å²) < 4.78 is 2.11. The summed E-state index contributed by atoms with van der Waals surface area (Å²) in [5, 5.41) is 0. The summed E-state index contributed by atoms with van der Waals surface area (Å²) in [5.74, 6) is 0.233. The highest BCUT2D eigenvalue weighted by molar-refractivity contribution is 5.96. The van der Waals surface area contributed by atoms with Gasteiger partial charge in [-0.3, -0.25) is 14.6 Å². The number of piperazine rings is 1. The van der Waals surface area contributed by atoms with E-state index in [0.717, 1.165) is 57.9 Å². The predicted octanol–water partition coefficient (Wildman–Crippen LogP) is 1.09. The maximum Gasteiger partial charge on any atom is 0.241 e. The van der Waals surface area contributed by atoms with Gasteiger partial charge in [-0.15, -0.1) is 0 Å². The van der Waals surface area contributed by atoms with Crippen LogP contribution < -0.4 is 4.90 Å². The van der Waals surface area contributed by atoms with E-state index in [1.54, 1.807) is 0 Å². The first-order valence-corrected chi connectivity index (χ1v) is 9.08. The first kappa shape index (κ1) is 16.3. The minimum Gasteiger partial charge on any atom is -0.336 e. The maximum absolute atomic E-state index is 12.7. The van der Waals surface area contributed by atoms with Gasteiger partial charge in [0.15, 0.2) is 0 Å². The minimum absolute atomic E-state index is 0.233. The molecule has 6 heteroatoms. The second kappa shape index (κ2) is 7.37. The fourth-order valence-electron chi connectivity index (χ4n) is 3.72. The molecule has 6 nitrogen and oxygen atoms in total. The third-order valence-corrected chi connectivity index (χ3v) is 5.25. The van der Waals surface area contributed by atoms with Crippen molar-refractivity contribution in [3.05, 3.63) is 48.5 Å². The first-order valence-electron chi connectivity index (χ1n) is 9.08. The van der Waals surface area contributed by atoms with Crippen LogP contribution in [0.1, 0.15) is 5.56 Å². The fraction of sp³-hybridized carbons (Fsp3) is 0.474. The molecule has 0 unspecified atom stereocenters. The molecule has 0 radical (unpaired) electrons. The highest BCUT2D eigenvalue weighted by atomic mass is 16.2. The van der Waals surface area contributed by atoms with Gasteiger partial charge in [0, 0.05) is 63.9 Å². The zero-order valence-corrected chi connectivity index (χ0v) is 14.5. The molecule has 0 aliphatic carbocycles. The Morgan fingerprint density at radius 1 is 1.00 bits per heavy atom. The van der Waals surface area contributed by atoms with Crippen LogP contribution in [0.15, 0.2) is 43.0 Å². The van der Waals surface area contributed by atoms with Crippen LogP contribution in [-0.2, 0) is 17.8 Å². The normalized spacial score (nSPS) is 18.5. The first-order chi connectivity index (χ1) is 12.3. The van der Waals surface area contributed by atoms with Crippen molar-refractivity contribution in [3.63, 3.8) is 0 Å². The van der Waals surface area contributed by atoms with E-state index >= 15 is 0 Å². The SMILES string of the molecule is O=C(CN1CCN(CCn2ccnc2)CC1)N1CCc2ccccc21. The van der Waals surface area contributed by atoms with Gasteiger partial charge in [0.1, 0.15) is 0 Å². The molecule has 25 heavy (non-hydrogen) atoms. The van der Waals surface area contributed by atoms with Crippen molar-refractivity contribution in [2.75, 3.05) is 50.7 Å². The van der Waals surface area contributed by atoms with Gasteiger partial charge in [-0.2, -0.15) is 0 Å². The van der Waals surface area contributed by atoms with Crippen LogP contribution in [0, 0.1) is 0 Å². The number of benzene rings is 1. The number of carbonyl (C=O) groups is 1. The number of hydrogen-bond acceptors (Lipinski definition) is 4. The summed E-state index contributed by atoms with van der Waals surface area (Å²) in [5.41, 5.74) is 2.40. The zero-order chi connectivity index (χ0) is 17.1. The molecule has 2 aromatic rings. The zero-order valence-electron chi connectivity index (χ0n) is 14.5. The van der Waals surface area contributed by atoms with Gasteiger partial charge in [-0.1, -0.05) is 18.2 Å². The Labute approximate surface area is 148 Å². The maximum atomic E-state index is 12.7. The minimum atomic E-state index is 0.233. The number of aromatic nitrogens is 2. The number of hydrogen-bond donors (Lipinski definition) is 0. The van der Waals surface area contributed by atoms with Crippen molar-refractivity contribution >= 4 is 11.6 Å². The standard InChI is InChI=1S/C19H25N5O/c25-19(24-7-5-17-3-1-2-4-18(17)24)15-22-12-9-21(10-13-22)11-14-23-8-6-20-16-23/h1-4,6,8,16H,5,7,9-15H2. The third kappa shape index (κ3) is 3.75. The lowest BCUT2D eigenvalue weighted by Crippen LogP contribution is -2.50. The van der Waals surface area contributed by atoms with E-state index in [1.807, 2.05) is 29.7 Å². The number of fused-ring (bicyclic) bond motifs is 1. The number of amides is 1. The van der Waals surface area contributed by atoms with Crippen molar-refractivity contribution in [3.8, 4) is 0 Å². The van der Waals surface area contributed by atoms with Crippen molar-refractivity contribution in [1.82, 2.24) is 19.4 Å². The summed E-state index contributed by atoms with van der Waals surface area (Å²) in [7, 11) is 0. The van der Waals surface area contributed by atoms with Crippen molar-refractivity contribution in [2.24, 2.45) is 0 Å². The number of nitrogens with zero attached hydrogens (tertiary/aromatic N) is 5. The highest BCUT2D eigenvalue weighted by Gasteiger charge is 2.26. The van der Waals surface area contributed by atoms with Crippen molar-refractivity contribution < 1.29 is 4.79 Å². The summed E-state index contributed by atoms with van der Waals surface area (Å²) in [6.07, 6.45) is 6.66. The molecule has 4 rings (SSSR count). The van der Waals surface area contributed by atoms with Gasteiger partial charge in [-0.25, -0.2) is 4.98 Å². The Hall–Kier alpha value is -2.18. The second-order valence-corrected chi connectivity index (χ2v) is 6.84. The number of rotatable bonds is 5. The van der Waals surface area contributed by atoms with Crippen LogP contribution in [0.4, 0.5) is 5.69 Å². The lowest BCUT2D eigenvalue weighted by molar-refractivity contribution is -0.120. The van der Waals surface area contributed by atoms with E-state index in [-0.39, 0.29) is 5.91 Å². The molecule has 0 atom stereocenters. The topological polar surface area (TPSA) is 44.6 Å². The largest absolute Gasteiger partial charge is 0.336 e. The molecule has 0 bridgehead atoms. The number of anilines is 1. The second-order valence-electron chi connectivity index (χ2n) is 6.84. The quantitative estimate of drug-likeness (QED) is 0.818. The number of para-hydroxylation sites is 1. The van der Waals surface area contributed by atoms with E-state index in [2.05, 4.69) is 37.5 Å². The van der Waals surface area contributed by atoms with Crippen LogP contribution >= 0.6 is 0 Å². The van der Waals surface area contributed by atoms with E-state index in [1.165, 1.54) is 5.56 Å². The van der Waals surface area contributed by atoms with Crippen molar-refractivity contribution in [2.45, 2.75) is 13.0 Å². The summed E-state index contributed by atoms with van der Waals surface area (Å²) in [6.45, 7) is 7.35. The molecule has 1 saturated heterocycles. The Balaban J connectivity index is 1.24. The van der Waals surface area contributed by atoms with Gasteiger partial charge in [0.2, 0.25) is 5.91 Å². The molecule has 3 heterocycles. The molecule has 1 aromatic carbocycles. The molecule has 0 N–H and O–H groups in total. The Morgan fingerprint density at radius 2 is 1.80 bits per heavy atom. The monoisotopic (exact) mass is 339 g/mol. The van der Waals surface area contributed by atoms with Crippen LogP contribution in [0.2, 0.25) is 0 Å². The molecule has 2 aliphatic rings. The summed E-state index contributed by atoms with van der Waals surface area (Å²) in [6, 6.07) is 8.26. The third-order valence-electron chi connectivity index (χ3n) is 5.25. The van der Waals surface area contributed by atoms with E-state index in [9.17, 15) is 4.79 Å². The van der Waals surface area contributed by atoms with Crippen LogP contribution in [0.3, 0.4) is 0 Å². The van der Waals surface area contributed by atoms with Gasteiger partial charge >= 0.3 is 0 Å². The molecular formula is C19H25N5O. The van der Waals surface area contributed by atoms with Gasteiger partial charge < -0.3 is 9.47 Å². The molecule has 1 fully saturated rings. The van der Waals surface area contributed by atoms with Crippen molar-refractivity contribution in [1.29, 1.82) is 0 Å². The molecule has 2 aliphatic heterocycles. The lowest BCUT2D eigenvalue weighted by atomic mass is 10.2. The van der Waals surface area contributed by atoms with Crippen LogP contribution in [-0.4, -0.2) is 71.1 Å². The number of imidazole rings is 1. The van der Waals surface area contributed by atoms with E-state index in [0.29, 0.717) is 6.54 Å². The molecule has 0 saturated carbocycles. The van der Waals surface area contributed by atoms with E-state index in [4.69, 9.17) is 0 Å². The Bertz CT molecular complexity index is 706. The average molecular weight is 339 g/mol. The summed E-state index contributed by atoms with van der Waals surface area (Å²) >= 11 is 0. The Kier molecular flexibility index (Phi) is 4.81. The molecule has 0 spiro atoms. The molecule has 1 amide bonds. The Morgan fingerprint density at radius 3 is 2.60 bits per heavy atom. The molecular weight excluding hydrogens is 314 g/mol. The predicted molar refractivity (Wildman–Crippen MR) is 97.6 cm³/mol. The summed E-state index contributed by atoms with van der Waals surface area (Å²) in [4.78, 5) is 23.5. The lowest BCUT2D eigenvalue weighted by Gasteiger charge is -2.35. The van der Waals surface area contributed by atoms with Gasteiger partial charge in [0.25, 0.3) is 0 Å². The molecule has 1 aromatic heterocycles. The van der Waals surface area contributed by atoms with Crippen LogP contribution in [0.25, 0.3) is 0 Å².